The van der Waals surface area contributed by atoms with Gasteiger partial charge in [-0.2, -0.15) is 0 Å². The third-order valence-corrected chi connectivity index (χ3v) is 2.30. The fraction of sp³-hybridized carbons (Fsp3) is 0.500. The number of hydrogen-bond acceptors (Lipinski definition) is 3. The van der Waals surface area contributed by atoms with E-state index in [-0.39, 0.29) is 6.10 Å². The second kappa shape index (κ2) is 4.43. The van der Waals surface area contributed by atoms with Crippen LogP contribution in [0.5, 0.6) is 5.88 Å². The van der Waals surface area contributed by atoms with Gasteiger partial charge in [-0.25, -0.2) is 4.98 Å². The summed E-state index contributed by atoms with van der Waals surface area (Å²) >= 11 is 0. The highest BCUT2D eigenvalue weighted by atomic mass is 16.5. The molecule has 0 atom stereocenters. The van der Waals surface area contributed by atoms with E-state index in [2.05, 4.69) is 9.98 Å². The van der Waals surface area contributed by atoms with Crippen molar-refractivity contribution < 1.29 is 4.74 Å². The number of rotatable bonds is 3. The van der Waals surface area contributed by atoms with Crippen molar-refractivity contribution in [1.82, 2.24) is 4.98 Å². The molecule has 1 aromatic heterocycles. The maximum absolute atomic E-state index is 5.48. The van der Waals surface area contributed by atoms with E-state index in [0.29, 0.717) is 5.88 Å². The fourth-order valence-electron chi connectivity index (χ4n) is 1.64. The van der Waals surface area contributed by atoms with Gasteiger partial charge in [0.1, 0.15) is 0 Å². The van der Waals surface area contributed by atoms with Crippen LogP contribution in [-0.4, -0.2) is 23.3 Å². The summed E-state index contributed by atoms with van der Waals surface area (Å²) in [5.74, 6) is 0.687. The Morgan fingerprint density at radius 2 is 2.20 bits per heavy atom. The molecule has 0 aromatic carbocycles. The Bertz CT molecular complexity index is 354. The predicted molar refractivity (Wildman–Crippen MR) is 60.6 cm³/mol. The quantitative estimate of drug-likeness (QED) is 0.758. The van der Waals surface area contributed by atoms with E-state index in [9.17, 15) is 0 Å². The normalized spacial score (nSPS) is 15.5. The summed E-state index contributed by atoms with van der Waals surface area (Å²) in [4.78, 5) is 8.69. The van der Waals surface area contributed by atoms with E-state index < -0.39 is 0 Å². The molecule has 2 rings (SSSR count). The molecular weight excluding hydrogens is 188 g/mol. The van der Waals surface area contributed by atoms with Crippen LogP contribution >= 0.6 is 0 Å². The monoisotopic (exact) mass is 204 g/mol. The van der Waals surface area contributed by atoms with E-state index in [4.69, 9.17) is 4.74 Å². The molecule has 0 N–H and O–H groups in total. The summed E-state index contributed by atoms with van der Waals surface area (Å²) in [6, 6.07) is 3.95. The van der Waals surface area contributed by atoms with Crippen molar-refractivity contribution in [3.63, 3.8) is 0 Å². The molecular formula is C12H16N2O. The maximum Gasteiger partial charge on any atom is 0.213 e. The van der Waals surface area contributed by atoms with E-state index in [0.717, 1.165) is 18.5 Å². The van der Waals surface area contributed by atoms with Crippen LogP contribution in [0.25, 0.3) is 0 Å². The minimum Gasteiger partial charge on any atom is -0.475 e. The van der Waals surface area contributed by atoms with Gasteiger partial charge in [0, 0.05) is 30.1 Å². The van der Waals surface area contributed by atoms with Crippen LogP contribution in [-0.2, 0) is 0 Å². The summed E-state index contributed by atoms with van der Waals surface area (Å²) in [6.07, 6.45) is 4.26. The molecule has 0 unspecified atom stereocenters. The molecule has 1 aromatic rings. The van der Waals surface area contributed by atoms with Crippen LogP contribution in [0, 0.1) is 0 Å². The molecule has 3 heteroatoms. The molecule has 2 heterocycles. The van der Waals surface area contributed by atoms with Crippen LogP contribution in [0.1, 0.15) is 32.3 Å². The summed E-state index contributed by atoms with van der Waals surface area (Å²) in [7, 11) is 0. The van der Waals surface area contributed by atoms with Crippen molar-refractivity contribution in [3.8, 4) is 5.88 Å². The van der Waals surface area contributed by atoms with Crippen molar-refractivity contribution in [1.29, 1.82) is 0 Å². The lowest BCUT2D eigenvalue weighted by molar-refractivity contribution is 0.232. The van der Waals surface area contributed by atoms with Crippen LogP contribution in [0.15, 0.2) is 23.3 Å². The van der Waals surface area contributed by atoms with Gasteiger partial charge >= 0.3 is 0 Å². The average molecular weight is 204 g/mol. The summed E-state index contributed by atoms with van der Waals surface area (Å²) < 4.78 is 5.48. The van der Waals surface area contributed by atoms with Gasteiger partial charge in [-0.1, -0.05) is 0 Å². The SMILES string of the molecule is CC(C)Oc1ccc(C2=NCCC2)cn1. The Kier molecular flexibility index (Phi) is 2.99. The lowest BCUT2D eigenvalue weighted by atomic mass is 10.1. The molecule has 1 aliphatic rings. The smallest absolute Gasteiger partial charge is 0.213 e. The molecule has 0 amide bonds. The van der Waals surface area contributed by atoms with E-state index in [1.807, 2.05) is 32.2 Å². The van der Waals surface area contributed by atoms with Crippen LogP contribution in [0.2, 0.25) is 0 Å². The minimum atomic E-state index is 0.173. The number of ether oxygens (including phenoxy) is 1. The number of aromatic nitrogens is 1. The molecule has 0 saturated heterocycles. The lowest BCUT2D eigenvalue weighted by Crippen LogP contribution is -2.07. The first-order chi connectivity index (χ1) is 7.25. The summed E-state index contributed by atoms with van der Waals surface area (Å²) in [5, 5.41) is 0. The molecule has 0 bridgehead atoms. The number of hydrogen-bond donors (Lipinski definition) is 0. The molecule has 0 radical (unpaired) electrons. The van der Waals surface area contributed by atoms with Gasteiger partial charge in [-0.15, -0.1) is 0 Å². The van der Waals surface area contributed by atoms with E-state index in [1.165, 1.54) is 12.1 Å². The highest BCUT2D eigenvalue weighted by Gasteiger charge is 2.09. The number of pyridine rings is 1. The molecule has 0 fully saturated rings. The van der Waals surface area contributed by atoms with Crippen molar-refractivity contribution >= 4 is 5.71 Å². The molecule has 0 aliphatic carbocycles. The second-order valence-corrected chi connectivity index (χ2v) is 3.98. The molecule has 0 saturated carbocycles. The van der Waals surface area contributed by atoms with Gasteiger partial charge in [-0.05, 0) is 32.8 Å². The highest BCUT2D eigenvalue weighted by molar-refractivity contribution is 6.01. The third kappa shape index (κ3) is 2.55. The molecule has 3 nitrogen and oxygen atoms in total. The zero-order chi connectivity index (χ0) is 10.7. The largest absolute Gasteiger partial charge is 0.475 e. The minimum absolute atomic E-state index is 0.173. The Balaban J connectivity index is 2.10. The maximum atomic E-state index is 5.48. The van der Waals surface area contributed by atoms with Crippen molar-refractivity contribution in [2.45, 2.75) is 32.8 Å². The standard InChI is InChI=1S/C12H16N2O/c1-9(2)15-12-6-5-10(8-14-12)11-4-3-7-13-11/h5-6,8-9H,3-4,7H2,1-2H3. The molecule has 0 spiro atoms. The predicted octanol–water partition coefficient (Wildman–Crippen LogP) is 2.45. The summed E-state index contributed by atoms with van der Waals surface area (Å²) in [6.45, 7) is 4.95. The highest BCUT2D eigenvalue weighted by Crippen LogP contribution is 2.15. The fourth-order valence-corrected chi connectivity index (χ4v) is 1.64. The Labute approximate surface area is 90.2 Å². The number of nitrogens with zero attached hydrogens (tertiary/aromatic N) is 2. The van der Waals surface area contributed by atoms with Crippen LogP contribution < -0.4 is 4.74 Å². The Hall–Kier alpha value is -1.38. The van der Waals surface area contributed by atoms with E-state index >= 15 is 0 Å². The zero-order valence-electron chi connectivity index (χ0n) is 9.23. The molecule has 80 valence electrons. The van der Waals surface area contributed by atoms with Crippen molar-refractivity contribution in [2.75, 3.05) is 6.54 Å². The number of aliphatic imine (C=N–C) groups is 1. The first kappa shape index (κ1) is 10.1. The Morgan fingerprint density at radius 3 is 2.73 bits per heavy atom. The van der Waals surface area contributed by atoms with Crippen LogP contribution in [0.3, 0.4) is 0 Å². The van der Waals surface area contributed by atoms with Gasteiger partial charge in [0.25, 0.3) is 0 Å². The molecule has 1 aliphatic heterocycles. The average Bonchev–Trinajstić information content (AvgIpc) is 2.71. The van der Waals surface area contributed by atoms with Gasteiger partial charge in [0.2, 0.25) is 5.88 Å². The first-order valence-electron chi connectivity index (χ1n) is 5.42. The van der Waals surface area contributed by atoms with Gasteiger partial charge < -0.3 is 4.74 Å². The van der Waals surface area contributed by atoms with Gasteiger partial charge in [-0.3, -0.25) is 4.99 Å². The zero-order valence-corrected chi connectivity index (χ0v) is 9.23. The van der Waals surface area contributed by atoms with E-state index in [1.54, 1.807) is 0 Å². The van der Waals surface area contributed by atoms with Crippen molar-refractivity contribution in [2.24, 2.45) is 4.99 Å². The summed E-state index contributed by atoms with van der Waals surface area (Å²) in [5.41, 5.74) is 2.31. The first-order valence-corrected chi connectivity index (χ1v) is 5.42. The third-order valence-electron chi connectivity index (χ3n) is 2.30. The lowest BCUT2D eigenvalue weighted by Gasteiger charge is -2.08. The molecule has 15 heavy (non-hydrogen) atoms. The second-order valence-electron chi connectivity index (χ2n) is 3.98. The topological polar surface area (TPSA) is 34.5 Å². The van der Waals surface area contributed by atoms with Gasteiger partial charge in [0.05, 0.1) is 6.10 Å². The van der Waals surface area contributed by atoms with Gasteiger partial charge in [0.15, 0.2) is 0 Å². The van der Waals surface area contributed by atoms with Crippen LogP contribution in [0.4, 0.5) is 0 Å². The Morgan fingerprint density at radius 1 is 1.33 bits per heavy atom. The van der Waals surface area contributed by atoms with Crippen molar-refractivity contribution in [3.05, 3.63) is 23.9 Å².